The van der Waals surface area contributed by atoms with E-state index in [0.717, 1.165) is 68.9 Å². The van der Waals surface area contributed by atoms with E-state index in [4.69, 9.17) is 14.5 Å². The number of hydrogen-bond acceptors (Lipinski definition) is 5. The highest BCUT2D eigenvalue weighted by Crippen LogP contribution is 2.41. The molecule has 5 aromatic carbocycles. The molecule has 214 valence electrons. The van der Waals surface area contributed by atoms with E-state index in [2.05, 4.69) is 96.0 Å². The Bertz CT molecular complexity index is 1920. The first-order valence-electron chi connectivity index (χ1n) is 14.6. The molecule has 0 saturated carbocycles. The summed E-state index contributed by atoms with van der Waals surface area (Å²) in [5.41, 5.74) is 7.19. The minimum absolute atomic E-state index is 0.748. The van der Waals surface area contributed by atoms with Crippen LogP contribution in [0.15, 0.2) is 158 Å². The summed E-state index contributed by atoms with van der Waals surface area (Å²) in [5, 5.41) is 0. The smallest absolute Gasteiger partial charge is 0.129 e. The van der Waals surface area contributed by atoms with Crippen molar-refractivity contribution in [1.82, 2.24) is 9.88 Å². The van der Waals surface area contributed by atoms with Gasteiger partial charge in [-0.15, -0.1) is 0 Å². The summed E-state index contributed by atoms with van der Waals surface area (Å²) in [5.74, 6) is 3.11. The van der Waals surface area contributed by atoms with Gasteiger partial charge in [-0.3, -0.25) is 4.98 Å². The van der Waals surface area contributed by atoms with Crippen molar-refractivity contribution < 1.29 is 9.47 Å². The zero-order valence-electron chi connectivity index (χ0n) is 24.4. The van der Waals surface area contributed by atoms with Gasteiger partial charge in [0.15, 0.2) is 0 Å². The van der Waals surface area contributed by atoms with E-state index in [1.807, 2.05) is 79.0 Å². The molecule has 0 atom stereocenters. The topological polar surface area (TPSA) is 37.8 Å². The highest BCUT2D eigenvalue weighted by Gasteiger charge is 2.17. The van der Waals surface area contributed by atoms with Crippen LogP contribution in [-0.2, 0) is 0 Å². The van der Waals surface area contributed by atoms with E-state index in [0.29, 0.717) is 0 Å². The van der Waals surface area contributed by atoms with E-state index in [9.17, 15) is 0 Å². The first kappa shape index (κ1) is 27.0. The predicted octanol–water partition coefficient (Wildman–Crippen LogP) is 9.85. The van der Waals surface area contributed by atoms with Crippen molar-refractivity contribution in [2.24, 2.45) is 0 Å². The van der Waals surface area contributed by atoms with Crippen LogP contribution in [0.3, 0.4) is 0 Å². The number of para-hydroxylation sites is 1. The summed E-state index contributed by atoms with van der Waals surface area (Å²) in [6, 6.07) is 46.8. The molecule has 2 heterocycles. The largest absolute Gasteiger partial charge is 0.457 e. The number of rotatable bonds is 8. The standard InChI is InChI=1S/C39H31N3O2/c1-41-23-24-42(28-41)32-15-10-20-36(27-32)44-35-19-9-14-31(26-35)39-38(29-11-4-2-5-12-29)37(21-22-40-39)30-13-8-18-34(25-30)43-33-16-6-3-7-17-33/h2-27H,28H2,1H3. The third kappa shape index (κ3) is 5.90. The highest BCUT2D eigenvalue weighted by atomic mass is 16.5. The molecular formula is C39H31N3O2. The van der Waals surface area contributed by atoms with Crippen molar-refractivity contribution >= 4 is 5.69 Å². The van der Waals surface area contributed by atoms with Gasteiger partial charge in [-0.2, -0.15) is 0 Å². The number of pyridine rings is 1. The minimum atomic E-state index is 0.748. The molecule has 7 rings (SSSR count). The molecule has 0 amide bonds. The Kier molecular flexibility index (Phi) is 7.50. The van der Waals surface area contributed by atoms with Crippen LogP contribution in [-0.4, -0.2) is 23.6 Å². The number of aromatic nitrogens is 1. The average molecular weight is 574 g/mol. The molecule has 1 aliphatic heterocycles. The Morgan fingerprint density at radius 3 is 1.86 bits per heavy atom. The van der Waals surface area contributed by atoms with Crippen LogP contribution in [0.25, 0.3) is 33.5 Å². The van der Waals surface area contributed by atoms with E-state index in [1.54, 1.807) is 0 Å². The molecule has 0 spiro atoms. The van der Waals surface area contributed by atoms with Crippen LogP contribution in [0.4, 0.5) is 5.69 Å². The van der Waals surface area contributed by atoms with Crippen LogP contribution >= 0.6 is 0 Å². The van der Waals surface area contributed by atoms with Gasteiger partial charge in [-0.1, -0.05) is 78.9 Å². The third-order valence-corrected chi connectivity index (χ3v) is 7.51. The molecule has 44 heavy (non-hydrogen) atoms. The lowest BCUT2D eigenvalue weighted by Gasteiger charge is -2.19. The normalized spacial score (nSPS) is 12.4. The summed E-state index contributed by atoms with van der Waals surface area (Å²) < 4.78 is 12.6. The zero-order chi connectivity index (χ0) is 29.7. The van der Waals surface area contributed by atoms with Gasteiger partial charge in [0.1, 0.15) is 23.0 Å². The lowest BCUT2D eigenvalue weighted by molar-refractivity contribution is 0.481. The Labute approximate surface area is 257 Å². The maximum Gasteiger partial charge on any atom is 0.129 e. The van der Waals surface area contributed by atoms with Gasteiger partial charge in [0.05, 0.1) is 12.4 Å². The molecule has 0 saturated heterocycles. The van der Waals surface area contributed by atoms with Crippen molar-refractivity contribution in [3.63, 3.8) is 0 Å². The molecule has 1 aliphatic rings. The van der Waals surface area contributed by atoms with Crippen molar-refractivity contribution in [1.29, 1.82) is 0 Å². The number of nitrogens with zero attached hydrogens (tertiary/aromatic N) is 3. The molecule has 5 heteroatoms. The second-order valence-electron chi connectivity index (χ2n) is 10.7. The monoisotopic (exact) mass is 573 g/mol. The number of anilines is 1. The number of hydrogen-bond donors (Lipinski definition) is 0. The molecule has 0 aliphatic carbocycles. The summed E-state index contributed by atoms with van der Waals surface area (Å²) in [7, 11) is 2.06. The molecule has 5 nitrogen and oxygen atoms in total. The van der Waals surface area contributed by atoms with Crippen molar-refractivity contribution in [2.45, 2.75) is 0 Å². The van der Waals surface area contributed by atoms with Crippen LogP contribution in [0.5, 0.6) is 23.0 Å². The quantitative estimate of drug-likeness (QED) is 0.181. The molecule has 1 aromatic heterocycles. The summed E-state index contributed by atoms with van der Waals surface area (Å²) in [4.78, 5) is 9.24. The van der Waals surface area contributed by atoms with Crippen molar-refractivity contribution in [2.75, 3.05) is 18.6 Å². The second-order valence-corrected chi connectivity index (χ2v) is 10.7. The molecule has 0 unspecified atom stereocenters. The second kappa shape index (κ2) is 12.2. The van der Waals surface area contributed by atoms with Crippen molar-refractivity contribution in [3.8, 4) is 56.5 Å². The summed E-state index contributed by atoms with van der Waals surface area (Å²) in [6.45, 7) is 0.810. The Morgan fingerprint density at radius 2 is 1.14 bits per heavy atom. The number of benzene rings is 5. The van der Waals surface area contributed by atoms with Crippen LogP contribution in [0.1, 0.15) is 0 Å². The van der Waals surface area contributed by atoms with Crippen molar-refractivity contribution in [3.05, 3.63) is 158 Å². The zero-order valence-corrected chi connectivity index (χ0v) is 24.4. The predicted molar refractivity (Wildman–Crippen MR) is 178 cm³/mol. The molecule has 6 aromatic rings. The summed E-state index contributed by atoms with van der Waals surface area (Å²) >= 11 is 0. The lowest BCUT2D eigenvalue weighted by Crippen LogP contribution is -2.21. The van der Waals surface area contributed by atoms with Gasteiger partial charge in [0.2, 0.25) is 0 Å². The van der Waals surface area contributed by atoms with Crippen LogP contribution in [0.2, 0.25) is 0 Å². The SMILES string of the molecule is CN1C=CN(c2cccc(Oc3cccc(-c4nccc(-c5cccc(Oc6ccccc6)c5)c4-c4ccccc4)c3)c2)C1. The average Bonchev–Trinajstić information content (AvgIpc) is 3.52. The number of ether oxygens (including phenoxy) is 2. The molecule has 0 N–H and O–H groups in total. The Hall–Kier alpha value is -5.81. The fourth-order valence-electron chi connectivity index (χ4n) is 5.44. The van der Waals surface area contributed by atoms with Crippen LogP contribution in [0, 0.1) is 0 Å². The van der Waals surface area contributed by atoms with E-state index in [1.165, 1.54) is 0 Å². The van der Waals surface area contributed by atoms with Gasteiger partial charge >= 0.3 is 0 Å². The molecule has 0 radical (unpaired) electrons. The maximum absolute atomic E-state index is 6.39. The first-order chi connectivity index (χ1) is 21.7. The van der Waals surface area contributed by atoms with Gasteiger partial charge in [-0.25, -0.2) is 0 Å². The lowest BCUT2D eigenvalue weighted by atomic mass is 9.91. The third-order valence-electron chi connectivity index (χ3n) is 7.51. The summed E-state index contributed by atoms with van der Waals surface area (Å²) in [6.07, 6.45) is 6.02. The molecule has 0 bridgehead atoms. The fraction of sp³-hybridized carbons (Fsp3) is 0.0513. The van der Waals surface area contributed by atoms with Gasteiger partial charge in [-0.05, 0) is 71.3 Å². The fourth-order valence-corrected chi connectivity index (χ4v) is 5.44. The first-order valence-corrected chi connectivity index (χ1v) is 14.6. The molecular weight excluding hydrogens is 542 g/mol. The van der Waals surface area contributed by atoms with E-state index in [-0.39, 0.29) is 0 Å². The van der Waals surface area contributed by atoms with Gasteiger partial charge in [0.25, 0.3) is 0 Å². The van der Waals surface area contributed by atoms with Gasteiger partial charge in [0, 0.05) is 48.5 Å². The Morgan fingerprint density at radius 1 is 0.545 bits per heavy atom. The molecule has 0 fully saturated rings. The Balaban J connectivity index is 1.25. The van der Waals surface area contributed by atoms with E-state index >= 15 is 0 Å². The van der Waals surface area contributed by atoms with E-state index < -0.39 is 0 Å². The minimum Gasteiger partial charge on any atom is -0.457 e. The van der Waals surface area contributed by atoms with Crippen LogP contribution < -0.4 is 14.4 Å². The van der Waals surface area contributed by atoms with Gasteiger partial charge < -0.3 is 19.3 Å². The highest BCUT2D eigenvalue weighted by molar-refractivity contribution is 5.93. The maximum atomic E-state index is 6.39.